The van der Waals surface area contributed by atoms with Crippen molar-refractivity contribution in [3.63, 3.8) is 0 Å². The Morgan fingerprint density at radius 3 is 3.06 bits per heavy atom. The van der Waals surface area contributed by atoms with Gasteiger partial charge in [0.1, 0.15) is 5.00 Å². The summed E-state index contributed by atoms with van der Waals surface area (Å²) in [5, 5.41) is 2.47. The Hall–Kier alpha value is -1.82. The van der Waals surface area contributed by atoms with Crippen LogP contribution < -0.4 is 15.4 Å². The number of hydrogen-bond donors (Lipinski definition) is 1. The number of nitrogens with two attached hydrogens (primary N) is 1. The largest absolute Gasteiger partial charge is 0.476 e. The molecule has 6 heteroatoms. The Labute approximate surface area is 96.1 Å². The molecular weight excluding hydrogens is 228 g/mol. The van der Waals surface area contributed by atoms with Crippen LogP contribution in [-0.4, -0.2) is 24.5 Å². The fourth-order valence-electron chi connectivity index (χ4n) is 1.46. The van der Waals surface area contributed by atoms with Gasteiger partial charge in [-0.05, 0) is 17.5 Å². The van der Waals surface area contributed by atoms with Crippen LogP contribution in [0.4, 0.5) is 5.00 Å². The van der Waals surface area contributed by atoms with Gasteiger partial charge in [0.25, 0.3) is 11.8 Å². The molecule has 16 heavy (non-hydrogen) atoms. The number of amides is 2. The smallest absolute Gasteiger partial charge is 0.260 e. The van der Waals surface area contributed by atoms with Crippen molar-refractivity contribution in [2.75, 3.05) is 11.4 Å². The van der Waals surface area contributed by atoms with Crippen molar-refractivity contribution < 1.29 is 14.3 Å². The SMILES string of the molecule is C=CC(=O)N1CC(C(N)=O)Oc2ccsc21. The van der Waals surface area contributed by atoms with E-state index in [4.69, 9.17) is 10.5 Å². The third kappa shape index (κ3) is 1.67. The van der Waals surface area contributed by atoms with E-state index in [1.807, 2.05) is 0 Å². The van der Waals surface area contributed by atoms with Gasteiger partial charge in [-0.2, -0.15) is 0 Å². The van der Waals surface area contributed by atoms with Gasteiger partial charge < -0.3 is 10.5 Å². The number of fused-ring (bicyclic) bond motifs is 1. The van der Waals surface area contributed by atoms with Crippen LogP contribution in [0.25, 0.3) is 0 Å². The van der Waals surface area contributed by atoms with Gasteiger partial charge in [0.2, 0.25) is 0 Å². The van der Waals surface area contributed by atoms with Crippen LogP contribution in [0.5, 0.6) is 5.75 Å². The molecule has 2 heterocycles. The molecule has 2 amide bonds. The second-order valence-corrected chi connectivity index (χ2v) is 4.15. The molecule has 5 nitrogen and oxygen atoms in total. The number of ether oxygens (including phenoxy) is 1. The quantitative estimate of drug-likeness (QED) is 0.763. The molecule has 0 bridgehead atoms. The Morgan fingerprint density at radius 2 is 2.44 bits per heavy atom. The molecule has 2 rings (SSSR count). The molecule has 0 saturated carbocycles. The number of carbonyl (C=O) groups is 2. The molecule has 0 fully saturated rings. The number of hydrogen-bond acceptors (Lipinski definition) is 4. The van der Waals surface area contributed by atoms with Gasteiger partial charge >= 0.3 is 0 Å². The summed E-state index contributed by atoms with van der Waals surface area (Å²) in [4.78, 5) is 24.1. The van der Waals surface area contributed by atoms with Gasteiger partial charge in [-0.15, -0.1) is 11.3 Å². The van der Waals surface area contributed by atoms with Gasteiger partial charge in [-0.25, -0.2) is 0 Å². The lowest BCUT2D eigenvalue weighted by Gasteiger charge is -2.30. The molecule has 84 valence electrons. The van der Waals surface area contributed by atoms with E-state index in [-0.39, 0.29) is 12.5 Å². The molecule has 1 aliphatic rings. The van der Waals surface area contributed by atoms with Gasteiger partial charge in [0.05, 0.1) is 6.54 Å². The maximum Gasteiger partial charge on any atom is 0.260 e. The summed E-state index contributed by atoms with van der Waals surface area (Å²) in [6.45, 7) is 3.55. The monoisotopic (exact) mass is 238 g/mol. The van der Waals surface area contributed by atoms with Crippen molar-refractivity contribution in [2.45, 2.75) is 6.10 Å². The molecule has 1 aromatic heterocycles. The molecule has 0 radical (unpaired) electrons. The van der Waals surface area contributed by atoms with Crippen molar-refractivity contribution in [2.24, 2.45) is 5.73 Å². The summed E-state index contributed by atoms with van der Waals surface area (Å²) in [5.41, 5.74) is 5.17. The lowest BCUT2D eigenvalue weighted by Crippen LogP contribution is -2.48. The summed E-state index contributed by atoms with van der Waals surface area (Å²) in [6, 6.07) is 1.71. The molecule has 2 N–H and O–H groups in total. The molecule has 1 aliphatic heterocycles. The van der Waals surface area contributed by atoms with Gasteiger partial charge in [0, 0.05) is 0 Å². The average Bonchev–Trinajstić information content (AvgIpc) is 2.74. The van der Waals surface area contributed by atoms with E-state index in [2.05, 4.69) is 6.58 Å². The number of rotatable bonds is 2. The van der Waals surface area contributed by atoms with E-state index in [1.165, 1.54) is 22.3 Å². The number of nitrogens with zero attached hydrogens (tertiary/aromatic N) is 1. The Bertz CT molecular complexity index is 455. The van der Waals surface area contributed by atoms with Gasteiger partial charge in [0.15, 0.2) is 11.9 Å². The summed E-state index contributed by atoms with van der Waals surface area (Å²) >= 11 is 1.37. The minimum Gasteiger partial charge on any atom is -0.476 e. The van der Waals surface area contributed by atoms with Crippen LogP contribution in [0.3, 0.4) is 0 Å². The minimum absolute atomic E-state index is 0.133. The lowest BCUT2D eigenvalue weighted by molar-refractivity contribution is -0.125. The first kappa shape index (κ1) is 10.7. The average molecular weight is 238 g/mol. The number of carbonyl (C=O) groups excluding carboxylic acids is 2. The van der Waals surface area contributed by atoms with E-state index < -0.39 is 12.0 Å². The first-order chi connectivity index (χ1) is 7.63. The maximum absolute atomic E-state index is 11.6. The highest BCUT2D eigenvalue weighted by atomic mass is 32.1. The van der Waals surface area contributed by atoms with Crippen molar-refractivity contribution in [1.29, 1.82) is 0 Å². The van der Waals surface area contributed by atoms with Crippen molar-refractivity contribution in [3.8, 4) is 5.75 Å². The van der Waals surface area contributed by atoms with Crippen LogP contribution in [-0.2, 0) is 9.59 Å². The zero-order chi connectivity index (χ0) is 11.7. The van der Waals surface area contributed by atoms with Crippen LogP contribution in [0.1, 0.15) is 0 Å². The highest BCUT2D eigenvalue weighted by Gasteiger charge is 2.32. The molecule has 0 spiro atoms. The predicted octanol–water partition coefficient (Wildman–Crippen LogP) is 0.513. The third-order valence-corrected chi connectivity index (χ3v) is 3.15. The Kier molecular flexibility index (Phi) is 2.66. The zero-order valence-corrected chi connectivity index (χ0v) is 9.20. The molecule has 0 saturated heterocycles. The Morgan fingerprint density at radius 1 is 1.69 bits per heavy atom. The Balaban J connectivity index is 2.36. The molecule has 1 unspecified atom stereocenters. The van der Waals surface area contributed by atoms with E-state index in [1.54, 1.807) is 11.4 Å². The van der Waals surface area contributed by atoms with E-state index in [0.29, 0.717) is 10.8 Å². The summed E-state index contributed by atoms with van der Waals surface area (Å²) < 4.78 is 5.37. The summed E-state index contributed by atoms with van der Waals surface area (Å²) in [6.07, 6.45) is 0.401. The first-order valence-electron chi connectivity index (χ1n) is 4.61. The molecule has 1 aromatic rings. The summed E-state index contributed by atoms with van der Waals surface area (Å²) in [7, 11) is 0. The van der Waals surface area contributed by atoms with E-state index in [9.17, 15) is 9.59 Å². The molecular formula is C10H10N2O3S. The lowest BCUT2D eigenvalue weighted by atomic mass is 10.2. The van der Waals surface area contributed by atoms with Crippen LogP contribution in [0.2, 0.25) is 0 Å². The molecule has 1 atom stereocenters. The fourth-order valence-corrected chi connectivity index (χ4v) is 2.31. The predicted molar refractivity (Wildman–Crippen MR) is 60.5 cm³/mol. The number of thiophene rings is 1. The number of anilines is 1. The highest BCUT2D eigenvalue weighted by molar-refractivity contribution is 7.14. The fraction of sp³-hybridized carbons (Fsp3) is 0.200. The standard InChI is InChI=1S/C10H10N2O3S/c1-2-8(13)12-5-7(9(11)14)15-6-3-4-16-10(6)12/h2-4,7H,1,5H2,(H2,11,14). The second-order valence-electron chi connectivity index (χ2n) is 3.25. The maximum atomic E-state index is 11.6. The zero-order valence-electron chi connectivity index (χ0n) is 8.38. The minimum atomic E-state index is -0.800. The van der Waals surface area contributed by atoms with E-state index >= 15 is 0 Å². The van der Waals surface area contributed by atoms with E-state index in [0.717, 1.165) is 0 Å². The number of primary amides is 1. The van der Waals surface area contributed by atoms with Gasteiger partial charge in [-0.3, -0.25) is 14.5 Å². The van der Waals surface area contributed by atoms with Gasteiger partial charge in [-0.1, -0.05) is 6.58 Å². The van der Waals surface area contributed by atoms with Crippen LogP contribution >= 0.6 is 11.3 Å². The normalized spacial score (nSPS) is 18.5. The third-order valence-electron chi connectivity index (χ3n) is 2.23. The van der Waals surface area contributed by atoms with Crippen molar-refractivity contribution >= 4 is 28.2 Å². The van der Waals surface area contributed by atoms with Crippen molar-refractivity contribution in [3.05, 3.63) is 24.1 Å². The van der Waals surface area contributed by atoms with Crippen LogP contribution in [0.15, 0.2) is 24.1 Å². The van der Waals surface area contributed by atoms with Crippen LogP contribution in [0, 0.1) is 0 Å². The van der Waals surface area contributed by atoms with Crippen molar-refractivity contribution in [1.82, 2.24) is 0 Å². The molecule has 0 aliphatic carbocycles. The highest BCUT2D eigenvalue weighted by Crippen LogP contribution is 2.38. The topological polar surface area (TPSA) is 72.6 Å². The molecule has 0 aromatic carbocycles. The summed E-state index contributed by atoms with van der Waals surface area (Å²) in [5.74, 6) is -0.341. The first-order valence-corrected chi connectivity index (χ1v) is 5.49. The second kappa shape index (κ2) is 3.97.